The van der Waals surface area contributed by atoms with Crippen LogP contribution in [-0.4, -0.2) is 34.9 Å². The number of carbonyl (C=O) groups is 1. The van der Waals surface area contributed by atoms with Crippen LogP contribution in [0.4, 0.5) is 0 Å². The van der Waals surface area contributed by atoms with E-state index in [9.17, 15) is 4.79 Å². The van der Waals surface area contributed by atoms with E-state index in [-0.39, 0.29) is 12.0 Å². The molecule has 0 aliphatic carbocycles. The minimum absolute atomic E-state index is 0.164. The van der Waals surface area contributed by atoms with Gasteiger partial charge in [-0.25, -0.2) is 0 Å². The lowest BCUT2D eigenvalue weighted by atomic mass is 10.1. The molecule has 1 aromatic rings. The van der Waals surface area contributed by atoms with Crippen LogP contribution in [0.15, 0.2) is 0 Å². The number of carbonyl (C=O) groups excluding carboxylic acids is 1. The lowest BCUT2D eigenvalue weighted by Crippen LogP contribution is -2.39. The van der Waals surface area contributed by atoms with Gasteiger partial charge in [-0.15, -0.1) is 0 Å². The highest BCUT2D eigenvalue weighted by Gasteiger charge is 2.19. The maximum atomic E-state index is 12.0. The summed E-state index contributed by atoms with van der Waals surface area (Å²) in [5, 5.41) is 7.84. The molecular formula is C16H29N3O2. The van der Waals surface area contributed by atoms with Crippen molar-refractivity contribution in [1.29, 1.82) is 0 Å². The zero-order valence-electron chi connectivity index (χ0n) is 14.0. The lowest BCUT2D eigenvalue weighted by Gasteiger charge is -2.17. The number of rotatable bonds is 9. The van der Waals surface area contributed by atoms with Crippen LogP contribution < -0.4 is 5.32 Å². The first-order valence-electron chi connectivity index (χ1n) is 7.97. The maximum Gasteiger partial charge on any atom is 0.323 e. The smallest absolute Gasteiger partial charge is 0.323 e. The van der Waals surface area contributed by atoms with Crippen LogP contribution in [0.25, 0.3) is 0 Å². The summed E-state index contributed by atoms with van der Waals surface area (Å²) < 4.78 is 7.15. The number of hydrogen-bond acceptors (Lipinski definition) is 4. The van der Waals surface area contributed by atoms with Gasteiger partial charge in [0.2, 0.25) is 0 Å². The Hall–Kier alpha value is -1.36. The molecule has 21 heavy (non-hydrogen) atoms. The predicted octanol–water partition coefficient (Wildman–Crippen LogP) is 2.38. The van der Waals surface area contributed by atoms with E-state index in [0.717, 1.165) is 31.6 Å². The highest BCUT2D eigenvalue weighted by Crippen LogP contribution is 2.14. The van der Waals surface area contributed by atoms with Crippen molar-refractivity contribution in [2.24, 2.45) is 0 Å². The second kappa shape index (κ2) is 8.82. The standard InChI is InChI=1S/C16H29N3O2/c1-6-10-17-15(16(20)21-8-3)9-11-19-13(5)14(7-2)12(4)18-19/h15,17H,6-11H2,1-5H3. The van der Waals surface area contributed by atoms with Crippen LogP contribution in [-0.2, 0) is 22.5 Å². The average Bonchev–Trinajstić information content (AvgIpc) is 2.73. The number of aryl methyl sites for hydroxylation is 2. The molecule has 5 nitrogen and oxygen atoms in total. The van der Waals surface area contributed by atoms with E-state index in [1.165, 1.54) is 11.3 Å². The molecule has 1 unspecified atom stereocenters. The summed E-state index contributed by atoms with van der Waals surface area (Å²) >= 11 is 0. The highest BCUT2D eigenvalue weighted by molar-refractivity contribution is 5.75. The largest absolute Gasteiger partial charge is 0.465 e. The van der Waals surface area contributed by atoms with E-state index in [1.807, 2.05) is 18.5 Å². The van der Waals surface area contributed by atoms with E-state index in [2.05, 4.69) is 31.2 Å². The van der Waals surface area contributed by atoms with Crippen molar-refractivity contribution < 1.29 is 9.53 Å². The molecule has 0 saturated heterocycles. The van der Waals surface area contributed by atoms with Crippen molar-refractivity contribution in [1.82, 2.24) is 15.1 Å². The molecule has 0 aliphatic rings. The third-order valence-corrected chi connectivity index (χ3v) is 3.73. The molecule has 1 aromatic heterocycles. The summed E-state index contributed by atoms with van der Waals surface area (Å²) in [7, 11) is 0. The summed E-state index contributed by atoms with van der Waals surface area (Å²) in [4.78, 5) is 12.0. The Labute approximate surface area is 128 Å². The van der Waals surface area contributed by atoms with Crippen LogP contribution in [0.1, 0.15) is 50.6 Å². The molecule has 5 heteroatoms. The number of hydrogen-bond donors (Lipinski definition) is 1. The van der Waals surface area contributed by atoms with E-state index in [1.54, 1.807) is 0 Å². The molecule has 1 N–H and O–H groups in total. The second-order valence-electron chi connectivity index (χ2n) is 5.27. The molecule has 0 bridgehead atoms. The molecule has 1 heterocycles. The van der Waals surface area contributed by atoms with Crippen molar-refractivity contribution in [3.05, 3.63) is 17.0 Å². The predicted molar refractivity (Wildman–Crippen MR) is 84.4 cm³/mol. The number of esters is 1. The normalized spacial score (nSPS) is 12.4. The highest BCUT2D eigenvalue weighted by atomic mass is 16.5. The summed E-state index contributed by atoms with van der Waals surface area (Å²) in [6.45, 7) is 12.2. The Morgan fingerprint density at radius 2 is 2.05 bits per heavy atom. The molecule has 0 aromatic carbocycles. The topological polar surface area (TPSA) is 56.2 Å². The van der Waals surface area contributed by atoms with Gasteiger partial charge < -0.3 is 10.1 Å². The van der Waals surface area contributed by atoms with Crippen molar-refractivity contribution in [3.63, 3.8) is 0 Å². The fourth-order valence-corrected chi connectivity index (χ4v) is 2.58. The third kappa shape index (κ3) is 4.84. The lowest BCUT2D eigenvalue weighted by molar-refractivity contribution is -0.145. The minimum atomic E-state index is -0.251. The van der Waals surface area contributed by atoms with Gasteiger partial charge in [0.1, 0.15) is 6.04 Å². The van der Waals surface area contributed by atoms with Gasteiger partial charge in [0, 0.05) is 12.2 Å². The molecule has 0 fully saturated rings. The van der Waals surface area contributed by atoms with Gasteiger partial charge in [-0.05, 0) is 52.1 Å². The molecule has 120 valence electrons. The number of ether oxygens (including phenoxy) is 1. The van der Waals surface area contributed by atoms with Gasteiger partial charge in [0.25, 0.3) is 0 Å². The zero-order valence-corrected chi connectivity index (χ0v) is 14.0. The number of nitrogens with zero attached hydrogens (tertiary/aromatic N) is 2. The molecule has 0 amide bonds. The number of nitrogens with one attached hydrogen (secondary N) is 1. The fraction of sp³-hybridized carbons (Fsp3) is 0.750. The first-order chi connectivity index (χ1) is 10.0. The average molecular weight is 295 g/mol. The first-order valence-corrected chi connectivity index (χ1v) is 7.97. The van der Waals surface area contributed by atoms with E-state index < -0.39 is 0 Å². The number of aromatic nitrogens is 2. The molecular weight excluding hydrogens is 266 g/mol. The zero-order chi connectivity index (χ0) is 15.8. The molecule has 1 rings (SSSR count). The molecule has 0 spiro atoms. The van der Waals surface area contributed by atoms with Crippen molar-refractivity contribution >= 4 is 5.97 Å². The van der Waals surface area contributed by atoms with Crippen LogP contribution in [0.3, 0.4) is 0 Å². The van der Waals surface area contributed by atoms with Gasteiger partial charge in [-0.2, -0.15) is 5.10 Å². The summed E-state index contributed by atoms with van der Waals surface area (Å²) in [6.07, 6.45) is 2.69. The van der Waals surface area contributed by atoms with E-state index in [4.69, 9.17) is 4.74 Å². The van der Waals surface area contributed by atoms with Crippen LogP contribution in [0.5, 0.6) is 0 Å². The SMILES string of the molecule is CCCNC(CCn1nc(C)c(CC)c1C)C(=O)OCC. The maximum absolute atomic E-state index is 12.0. The van der Waals surface area contributed by atoms with Gasteiger partial charge in [-0.1, -0.05) is 13.8 Å². The Morgan fingerprint density at radius 3 is 2.57 bits per heavy atom. The Kier molecular flexibility index (Phi) is 7.43. The molecule has 1 atom stereocenters. The molecule has 0 radical (unpaired) electrons. The van der Waals surface area contributed by atoms with Crippen LogP contribution >= 0.6 is 0 Å². The van der Waals surface area contributed by atoms with Crippen molar-refractivity contribution in [2.45, 2.75) is 66.5 Å². The van der Waals surface area contributed by atoms with Crippen molar-refractivity contribution in [3.8, 4) is 0 Å². The third-order valence-electron chi connectivity index (χ3n) is 3.73. The van der Waals surface area contributed by atoms with Gasteiger partial charge in [0.15, 0.2) is 0 Å². The summed E-state index contributed by atoms with van der Waals surface area (Å²) in [6, 6.07) is -0.251. The summed E-state index contributed by atoms with van der Waals surface area (Å²) in [5.41, 5.74) is 3.60. The molecule has 0 aliphatic heterocycles. The summed E-state index contributed by atoms with van der Waals surface area (Å²) in [5.74, 6) is -0.164. The van der Waals surface area contributed by atoms with Gasteiger partial charge in [0.05, 0.1) is 12.3 Å². The quantitative estimate of drug-likeness (QED) is 0.711. The fourth-order valence-electron chi connectivity index (χ4n) is 2.58. The van der Waals surface area contributed by atoms with Crippen molar-refractivity contribution in [2.75, 3.05) is 13.2 Å². The van der Waals surface area contributed by atoms with Crippen LogP contribution in [0, 0.1) is 13.8 Å². The Balaban J connectivity index is 2.69. The monoisotopic (exact) mass is 295 g/mol. The second-order valence-corrected chi connectivity index (χ2v) is 5.27. The minimum Gasteiger partial charge on any atom is -0.465 e. The molecule has 0 saturated carbocycles. The Bertz CT molecular complexity index is 455. The van der Waals surface area contributed by atoms with E-state index >= 15 is 0 Å². The van der Waals surface area contributed by atoms with E-state index in [0.29, 0.717) is 13.0 Å². The van der Waals surface area contributed by atoms with Gasteiger partial charge >= 0.3 is 5.97 Å². The van der Waals surface area contributed by atoms with Crippen LogP contribution in [0.2, 0.25) is 0 Å². The Morgan fingerprint density at radius 1 is 1.33 bits per heavy atom. The van der Waals surface area contributed by atoms with Gasteiger partial charge in [-0.3, -0.25) is 9.48 Å². The first kappa shape index (κ1) is 17.7.